The van der Waals surface area contributed by atoms with E-state index in [-0.39, 0.29) is 19.1 Å². The van der Waals surface area contributed by atoms with Gasteiger partial charge in [-0.25, -0.2) is 4.57 Å². The second-order valence-electron chi connectivity index (χ2n) is 18.5. The van der Waals surface area contributed by atoms with Gasteiger partial charge in [0.25, 0.3) is 0 Å². The lowest BCUT2D eigenvalue weighted by molar-refractivity contribution is -0.870. The molecule has 3 N–H and O–H groups in total. The number of allylic oxidation sites excluding steroid dienone is 6. The van der Waals surface area contributed by atoms with Crippen LogP contribution in [0.1, 0.15) is 232 Å². The molecule has 3 atom stereocenters. The molecule has 60 heavy (non-hydrogen) atoms. The monoisotopic (exact) mass is 868 g/mol. The van der Waals surface area contributed by atoms with Gasteiger partial charge in [0.1, 0.15) is 13.2 Å². The summed E-state index contributed by atoms with van der Waals surface area (Å²) >= 11 is 0. The fourth-order valence-electron chi connectivity index (χ4n) is 7.35. The van der Waals surface area contributed by atoms with E-state index < -0.39 is 20.0 Å². The number of hydrogen-bond donors (Lipinski definition) is 3. The summed E-state index contributed by atoms with van der Waals surface area (Å²) in [6.07, 6.45) is 53.2. The molecule has 8 nitrogen and oxygen atoms in total. The third-order valence-corrected chi connectivity index (χ3v) is 12.4. The molecule has 1 amide bonds. The Morgan fingerprint density at radius 1 is 0.567 bits per heavy atom. The van der Waals surface area contributed by atoms with E-state index in [1.807, 2.05) is 21.1 Å². The zero-order valence-electron chi connectivity index (χ0n) is 40.2. The number of nitrogens with zero attached hydrogens (tertiary/aromatic N) is 1. The smallest absolute Gasteiger partial charge is 0.391 e. The molecule has 0 aliphatic carbocycles. The Hall–Kier alpha value is -1.28. The van der Waals surface area contributed by atoms with E-state index in [0.717, 1.165) is 51.4 Å². The van der Waals surface area contributed by atoms with Crippen LogP contribution in [0.3, 0.4) is 0 Å². The maximum Gasteiger partial charge on any atom is 0.472 e. The van der Waals surface area contributed by atoms with Crippen molar-refractivity contribution in [2.24, 2.45) is 0 Å². The molecule has 0 bridgehead atoms. The number of phosphoric ester groups is 1. The SMILES string of the molecule is CCCCCCC/C=C\C/C=C\C/C=C\CCCCCCCCCCCCC(=O)NC(COP(=O)(O)OCC[N+](C)(C)C)C(O)CCCCCCCCCCCCCCC. The number of amides is 1. The summed E-state index contributed by atoms with van der Waals surface area (Å²) in [7, 11) is 1.61. The van der Waals surface area contributed by atoms with E-state index in [2.05, 4.69) is 55.6 Å². The average Bonchev–Trinajstić information content (AvgIpc) is 3.20. The van der Waals surface area contributed by atoms with E-state index in [0.29, 0.717) is 23.9 Å². The summed E-state index contributed by atoms with van der Waals surface area (Å²) in [6.45, 7) is 4.88. The van der Waals surface area contributed by atoms with Gasteiger partial charge in [-0.1, -0.05) is 211 Å². The molecule has 0 aromatic rings. The highest BCUT2D eigenvalue weighted by Gasteiger charge is 2.28. The number of phosphoric acid groups is 1. The van der Waals surface area contributed by atoms with E-state index in [4.69, 9.17) is 9.05 Å². The minimum absolute atomic E-state index is 0.0736. The molecule has 0 aliphatic heterocycles. The van der Waals surface area contributed by atoms with Gasteiger partial charge in [-0.05, 0) is 51.4 Å². The predicted octanol–water partition coefficient (Wildman–Crippen LogP) is 14.6. The molecule has 9 heteroatoms. The van der Waals surface area contributed by atoms with E-state index in [1.165, 1.54) is 154 Å². The number of quaternary nitrogens is 1. The van der Waals surface area contributed by atoms with Crippen LogP contribution >= 0.6 is 7.82 Å². The Morgan fingerprint density at radius 3 is 1.38 bits per heavy atom. The average molecular weight is 868 g/mol. The molecule has 0 radical (unpaired) electrons. The third kappa shape index (κ3) is 44.8. The molecule has 0 aromatic heterocycles. The second-order valence-corrected chi connectivity index (χ2v) is 20.0. The minimum Gasteiger partial charge on any atom is -0.391 e. The van der Waals surface area contributed by atoms with Gasteiger partial charge < -0.3 is 19.8 Å². The van der Waals surface area contributed by atoms with Gasteiger partial charge in [0.05, 0.1) is 39.9 Å². The summed E-state index contributed by atoms with van der Waals surface area (Å²) in [5.41, 5.74) is 0. The van der Waals surface area contributed by atoms with Crippen molar-refractivity contribution in [1.29, 1.82) is 0 Å². The first-order chi connectivity index (χ1) is 29.0. The van der Waals surface area contributed by atoms with Crippen LogP contribution in [0.15, 0.2) is 36.5 Å². The number of carbonyl (C=O) groups excluding carboxylic acids is 1. The van der Waals surface area contributed by atoms with Gasteiger partial charge in [0.15, 0.2) is 0 Å². The van der Waals surface area contributed by atoms with Crippen LogP contribution in [0, 0.1) is 0 Å². The lowest BCUT2D eigenvalue weighted by atomic mass is 10.0. The molecule has 354 valence electrons. The molecule has 0 saturated carbocycles. The van der Waals surface area contributed by atoms with Gasteiger partial charge in [-0.15, -0.1) is 0 Å². The summed E-state index contributed by atoms with van der Waals surface area (Å²) < 4.78 is 23.7. The first-order valence-corrected chi connectivity index (χ1v) is 26.8. The van der Waals surface area contributed by atoms with Crippen LogP contribution in [0.4, 0.5) is 0 Å². The summed E-state index contributed by atoms with van der Waals surface area (Å²) in [4.78, 5) is 23.2. The van der Waals surface area contributed by atoms with Crippen molar-refractivity contribution >= 4 is 13.7 Å². The fourth-order valence-corrected chi connectivity index (χ4v) is 8.08. The zero-order valence-corrected chi connectivity index (χ0v) is 41.1. The summed E-state index contributed by atoms with van der Waals surface area (Å²) in [5, 5.41) is 14.0. The number of nitrogens with one attached hydrogen (secondary N) is 1. The number of likely N-dealkylation sites (N-methyl/N-ethyl adjacent to an activating group) is 1. The highest BCUT2D eigenvalue weighted by molar-refractivity contribution is 7.47. The Balaban J connectivity index is 4.20. The van der Waals surface area contributed by atoms with Crippen LogP contribution in [0.25, 0.3) is 0 Å². The van der Waals surface area contributed by atoms with Crippen molar-refractivity contribution in [2.75, 3.05) is 40.9 Å². The Morgan fingerprint density at radius 2 is 0.950 bits per heavy atom. The van der Waals surface area contributed by atoms with Crippen LogP contribution in [0.5, 0.6) is 0 Å². The number of aliphatic hydroxyl groups is 1. The quantitative estimate of drug-likeness (QED) is 0.0244. The van der Waals surface area contributed by atoms with E-state index in [1.54, 1.807) is 0 Å². The van der Waals surface area contributed by atoms with Crippen LogP contribution in [0.2, 0.25) is 0 Å². The zero-order chi connectivity index (χ0) is 44.3. The minimum atomic E-state index is -4.32. The maximum atomic E-state index is 12.9. The predicted molar refractivity (Wildman–Crippen MR) is 258 cm³/mol. The Kier molecular flexibility index (Phi) is 42.1. The lowest BCUT2D eigenvalue weighted by Crippen LogP contribution is -2.46. The van der Waals surface area contributed by atoms with Gasteiger partial charge in [-0.2, -0.15) is 0 Å². The Labute approximate surface area is 372 Å². The van der Waals surface area contributed by atoms with Crippen molar-refractivity contribution < 1.29 is 32.9 Å². The molecular weight excluding hydrogens is 768 g/mol. The van der Waals surface area contributed by atoms with Crippen molar-refractivity contribution in [3.8, 4) is 0 Å². The molecule has 3 unspecified atom stereocenters. The molecule has 0 rings (SSSR count). The van der Waals surface area contributed by atoms with Crippen molar-refractivity contribution in [3.63, 3.8) is 0 Å². The molecule has 0 fully saturated rings. The van der Waals surface area contributed by atoms with E-state index in [9.17, 15) is 19.4 Å². The lowest BCUT2D eigenvalue weighted by Gasteiger charge is -2.26. The van der Waals surface area contributed by atoms with Crippen molar-refractivity contribution in [2.45, 2.75) is 244 Å². The molecule has 0 spiro atoms. The van der Waals surface area contributed by atoms with Crippen LogP contribution < -0.4 is 5.32 Å². The Bertz CT molecular complexity index is 1070. The molecular formula is C51H100N2O6P+. The second kappa shape index (κ2) is 43.0. The maximum absolute atomic E-state index is 12.9. The van der Waals surface area contributed by atoms with E-state index >= 15 is 0 Å². The van der Waals surface area contributed by atoms with Gasteiger partial charge in [0, 0.05) is 6.42 Å². The normalized spacial score (nSPS) is 14.4. The number of unbranched alkanes of at least 4 members (excludes halogenated alkanes) is 27. The van der Waals surface area contributed by atoms with Gasteiger partial charge >= 0.3 is 7.82 Å². The van der Waals surface area contributed by atoms with Gasteiger partial charge in [-0.3, -0.25) is 13.8 Å². The summed E-state index contributed by atoms with van der Waals surface area (Å²) in [6, 6.07) is -0.762. The molecule has 0 heterocycles. The highest BCUT2D eigenvalue weighted by atomic mass is 31.2. The first kappa shape index (κ1) is 58.7. The van der Waals surface area contributed by atoms with Crippen LogP contribution in [-0.4, -0.2) is 73.4 Å². The topological polar surface area (TPSA) is 105 Å². The molecule has 0 saturated heterocycles. The third-order valence-electron chi connectivity index (χ3n) is 11.4. The van der Waals surface area contributed by atoms with Crippen molar-refractivity contribution in [1.82, 2.24) is 5.32 Å². The number of hydrogen-bond acceptors (Lipinski definition) is 5. The molecule has 0 aliphatic rings. The first-order valence-electron chi connectivity index (χ1n) is 25.4. The largest absolute Gasteiger partial charge is 0.472 e. The molecule has 0 aromatic carbocycles. The van der Waals surface area contributed by atoms with Gasteiger partial charge in [0.2, 0.25) is 5.91 Å². The highest BCUT2D eigenvalue weighted by Crippen LogP contribution is 2.43. The standard InChI is InChI=1S/C51H99N2O6P/c1-6-8-10-12-14-16-18-20-21-22-23-24-25-26-27-28-29-30-31-33-35-37-39-41-43-45-51(55)52-49(48-59-60(56,57)58-47-46-53(3,4)5)50(54)44-42-40-38-36-34-32-19-17-15-13-11-9-7-2/h18,20,22-23,25-26,49-50,54H,6-17,19,21,24,27-48H2,1-5H3,(H-,52,55,56,57)/p+1/b20-18-,23-22-,26-25-. The number of rotatable bonds is 46. The summed E-state index contributed by atoms with van der Waals surface area (Å²) in [5.74, 6) is -0.149. The number of carbonyl (C=O) groups is 1. The number of aliphatic hydroxyl groups excluding tert-OH is 1. The van der Waals surface area contributed by atoms with Crippen LogP contribution in [-0.2, 0) is 18.4 Å². The van der Waals surface area contributed by atoms with Crippen molar-refractivity contribution in [3.05, 3.63) is 36.5 Å². The fraction of sp³-hybridized carbons (Fsp3) is 0.863.